The van der Waals surface area contributed by atoms with E-state index in [1.165, 1.54) is 23.2 Å². The number of carbonyl (C=O) groups excluding carboxylic acids is 3. The summed E-state index contributed by atoms with van der Waals surface area (Å²) in [4.78, 5) is 40.3. The van der Waals surface area contributed by atoms with Crippen LogP contribution in [0.5, 0.6) is 0 Å². The van der Waals surface area contributed by atoms with Crippen molar-refractivity contribution in [2.24, 2.45) is 0 Å². The Hall–Kier alpha value is -2.04. The highest BCUT2D eigenvalue weighted by molar-refractivity contribution is 7.07. The van der Waals surface area contributed by atoms with E-state index in [1.807, 2.05) is 0 Å². The summed E-state index contributed by atoms with van der Waals surface area (Å²) >= 11 is 1.30. The van der Waals surface area contributed by atoms with Crippen molar-refractivity contribution in [3.8, 4) is 0 Å². The maximum absolute atomic E-state index is 12.1. The lowest BCUT2D eigenvalue weighted by Gasteiger charge is -2.30. The molecule has 0 radical (unpaired) electrons. The second kappa shape index (κ2) is 8.18. The summed E-state index contributed by atoms with van der Waals surface area (Å²) in [5.41, 5.74) is 0.409. The van der Waals surface area contributed by atoms with E-state index in [2.05, 4.69) is 15.6 Å². The lowest BCUT2D eigenvalue weighted by atomic mass is 10.0. The van der Waals surface area contributed by atoms with Crippen molar-refractivity contribution in [2.75, 3.05) is 39.4 Å². The number of thiazole rings is 1. The maximum Gasteiger partial charge on any atom is 0.270 e. The minimum absolute atomic E-state index is 0.00274. The molecule has 24 heavy (non-hydrogen) atoms. The number of hydrogen-bond donors (Lipinski definition) is 3. The lowest BCUT2D eigenvalue weighted by Crippen LogP contribution is -2.54. The van der Waals surface area contributed by atoms with Crippen LogP contribution in [0.3, 0.4) is 0 Å². The number of rotatable bonds is 5. The molecule has 3 amide bonds. The largest absolute Gasteiger partial charge is 0.384 e. The van der Waals surface area contributed by atoms with Crippen molar-refractivity contribution in [2.45, 2.75) is 12.5 Å². The van der Waals surface area contributed by atoms with Crippen LogP contribution in [-0.4, -0.2) is 77.7 Å². The summed E-state index contributed by atoms with van der Waals surface area (Å²) in [6.07, 6.45) is 0. The molecule has 1 aliphatic heterocycles. The Morgan fingerprint density at radius 3 is 2.92 bits per heavy atom. The van der Waals surface area contributed by atoms with Crippen LogP contribution in [0.1, 0.15) is 17.4 Å². The first-order valence-electron chi connectivity index (χ1n) is 7.38. The van der Waals surface area contributed by atoms with Crippen molar-refractivity contribution in [3.63, 3.8) is 0 Å². The number of nitrogens with zero attached hydrogens (tertiary/aromatic N) is 2. The SMILES string of the molecule is CC(=O)NCC(=O)N1CCOC[C@@](O)(CNC(=O)c2cscn2)C1. The number of β-amino-alcohol motifs (C(OH)–C–C–N with tert-alkyl or cyclic N) is 1. The predicted octanol–water partition coefficient (Wildman–Crippen LogP) is -1.40. The molecule has 2 rings (SSSR count). The predicted molar refractivity (Wildman–Crippen MR) is 85.5 cm³/mol. The molecule has 0 bridgehead atoms. The van der Waals surface area contributed by atoms with Gasteiger partial charge in [0.15, 0.2) is 0 Å². The first kappa shape index (κ1) is 18.3. The van der Waals surface area contributed by atoms with Gasteiger partial charge in [-0.1, -0.05) is 0 Å². The molecular formula is C14H20N4O5S. The van der Waals surface area contributed by atoms with Crippen LogP contribution in [0.2, 0.25) is 0 Å². The molecule has 0 aromatic carbocycles. The van der Waals surface area contributed by atoms with Crippen LogP contribution >= 0.6 is 11.3 Å². The number of nitrogens with one attached hydrogen (secondary N) is 2. The topological polar surface area (TPSA) is 121 Å². The minimum Gasteiger partial charge on any atom is -0.384 e. The molecule has 1 atom stereocenters. The van der Waals surface area contributed by atoms with Gasteiger partial charge in [-0.05, 0) is 0 Å². The fourth-order valence-corrected chi connectivity index (χ4v) is 2.74. The number of aliphatic hydroxyl groups is 1. The molecule has 0 saturated carbocycles. The molecule has 9 nitrogen and oxygen atoms in total. The molecule has 1 aromatic rings. The van der Waals surface area contributed by atoms with Gasteiger partial charge in [0.1, 0.15) is 11.3 Å². The van der Waals surface area contributed by atoms with E-state index in [0.717, 1.165) is 0 Å². The quantitative estimate of drug-likeness (QED) is 0.597. The third kappa shape index (κ3) is 5.25. The summed E-state index contributed by atoms with van der Waals surface area (Å²) in [7, 11) is 0. The summed E-state index contributed by atoms with van der Waals surface area (Å²) in [5.74, 6) is -1.02. The van der Waals surface area contributed by atoms with Gasteiger partial charge >= 0.3 is 0 Å². The van der Waals surface area contributed by atoms with Crippen LogP contribution in [0.4, 0.5) is 0 Å². The van der Waals surface area contributed by atoms with Crippen LogP contribution in [0.25, 0.3) is 0 Å². The smallest absolute Gasteiger partial charge is 0.270 e. The third-order valence-electron chi connectivity index (χ3n) is 3.45. The highest BCUT2D eigenvalue weighted by Gasteiger charge is 2.35. The normalized spacial score (nSPS) is 21.0. The fourth-order valence-electron chi connectivity index (χ4n) is 2.21. The van der Waals surface area contributed by atoms with E-state index in [9.17, 15) is 19.5 Å². The molecule has 1 saturated heterocycles. The second-order valence-corrected chi connectivity index (χ2v) is 6.28. The molecule has 1 aromatic heterocycles. The van der Waals surface area contributed by atoms with E-state index in [0.29, 0.717) is 6.54 Å². The van der Waals surface area contributed by atoms with Gasteiger partial charge in [0.25, 0.3) is 5.91 Å². The van der Waals surface area contributed by atoms with Gasteiger partial charge in [-0.2, -0.15) is 0 Å². The van der Waals surface area contributed by atoms with Crippen molar-refractivity contribution >= 4 is 29.1 Å². The average molecular weight is 356 g/mol. The standard InChI is InChI=1S/C14H20N4O5S/c1-10(19)15-4-12(20)18-2-3-23-8-14(22,7-18)6-16-13(21)11-5-24-9-17-11/h5,9,22H,2-4,6-8H2,1H3,(H,15,19)(H,16,21)/t14-/m1/s1. The van der Waals surface area contributed by atoms with Gasteiger partial charge in [0.05, 0.1) is 38.4 Å². The zero-order chi connectivity index (χ0) is 17.6. The first-order valence-corrected chi connectivity index (χ1v) is 8.33. The van der Waals surface area contributed by atoms with Gasteiger partial charge in [0.2, 0.25) is 11.8 Å². The number of hydrogen-bond acceptors (Lipinski definition) is 7. The Kier molecular flexibility index (Phi) is 6.23. The monoisotopic (exact) mass is 356 g/mol. The Balaban J connectivity index is 1.93. The Morgan fingerprint density at radius 1 is 1.46 bits per heavy atom. The molecule has 0 spiro atoms. The Bertz CT molecular complexity index is 594. The number of amides is 3. The van der Waals surface area contributed by atoms with Crippen LogP contribution in [-0.2, 0) is 14.3 Å². The minimum atomic E-state index is -1.41. The molecule has 2 heterocycles. The highest BCUT2D eigenvalue weighted by atomic mass is 32.1. The molecular weight excluding hydrogens is 336 g/mol. The highest BCUT2D eigenvalue weighted by Crippen LogP contribution is 2.12. The number of ether oxygens (including phenoxy) is 1. The molecule has 132 valence electrons. The van der Waals surface area contributed by atoms with Gasteiger partial charge in [-0.25, -0.2) is 4.98 Å². The molecule has 0 aliphatic carbocycles. The molecule has 0 unspecified atom stereocenters. The zero-order valence-corrected chi connectivity index (χ0v) is 14.1. The van der Waals surface area contributed by atoms with E-state index in [4.69, 9.17) is 4.74 Å². The fraction of sp³-hybridized carbons (Fsp3) is 0.571. The molecule has 10 heteroatoms. The zero-order valence-electron chi connectivity index (χ0n) is 13.3. The van der Waals surface area contributed by atoms with Crippen molar-refractivity contribution in [1.82, 2.24) is 20.5 Å². The van der Waals surface area contributed by atoms with Gasteiger partial charge in [-0.3, -0.25) is 14.4 Å². The first-order chi connectivity index (χ1) is 11.4. The summed E-state index contributed by atoms with van der Waals surface area (Å²) in [6.45, 7) is 1.68. The summed E-state index contributed by atoms with van der Waals surface area (Å²) in [5, 5.41) is 17.3. The number of carbonyl (C=O) groups is 3. The molecule has 1 fully saturated rings. The Labute approximate surface area is 143 Å². The van der Waals surface area contributed by atoms with Crippen LogP contribution in [0.15, 0.2) is 10.9 Å². The number of aromatic nitrogens is 1. The van der Waals surface area contributed by atoms with E-state index < -0.39 is 11.5 Å². The van der Waals surface area contributed by atoms with Gasteiger partial charge < -0.3 is 25.4 Å². The van der Waals surface area contributed by atoms with Gasteiger partial charge in [0, 0.05) is 18.8 Å². The second-order valence-electron chi connectivity index (χ2n) is 5.56. The van der Waals surface area contributed by atoms with Crippen LogP contribution in [0, 0.1) is 0 Å². The van der Waals surface area contributed by atoms with Crippen molar-refractivity contribution in [3.05, 3.63) is 16.6 Å². The molecule has 1 aliphatic rings. The Morgan fingerprint density at radius 2 is 2.25 bits per heavy atom. The van der Waals surface area contributed by atoms with Crippen molar-refractivity contribution < 1.29 is 24.2 Å². The van der Waals surface area contributed by atoms with E-state index >= 15 is 0 Å². The van der Waals surface area contributed by atoms with Crippen LogP contribution < -0.4 is 10.6 Å². The third-order valence-corrected chi connectivity index (χ3v) is 4.03. The lowest BCUT2D eigenvalue weighted by molar-refractivity contribution is -0.134. The molecule has 3 N–H and O–H groups in total. The van der Waals surface area contributed by atoms with Crippen molar-refractivity contribution in [1.29, 1.82) is 0 Å². The maximum atomic E-state index is 12.1. The van der Waals surface area contributed by atoms with Gasteiger partial charge in [-0.15, -0.1) is 11.3 Å². The summed E-state index contributed by atoms with van der Waals surface area (Å²) in [6, 6.07) is 0. The van der Waals surface area contributed by atoms with E-state index in [1.54, 1.807) is 10.9 Å². The van der Waals surface area contributed by atoms with E-state index in [-0.39, 0.29) is 50.4 Å². The summed E-state index contributed by atoms with van der Waals surface area (Å²) < 4.78 is 5.34. The average Bonchev–Trinajstić information content (AvgIpc) is 3.01.